The molecule has 0 spiro atoms. The number of aromatic nitrogens is 1. The Hall–Kier alpha value is -1.04. The molecule has 0 fully saturated rings. The van der Waals surface area contributed by atoms with Crippen LogP contribution in [0.15, 0.2) is 32.8 Å². The number of aromatic carboxylic acids is 1. The van der Waals surface area contributed by atoms with Gasteiger partial charge in [0, 0.05) is 21.0 Å². The molecule has 0 radical (unpaired) electrons. The number of aryl methyl sites for hydroxylation is 1. The lowest BCUT2D eigenvalue weighted by molar-refractivity contribution is 0.0693. The zero-order valence-corrected chi connectivity index (χ0v) is 11.2. The molecule has 0 aliphatic rings. The smallest absolute Gasteiger partial charge is 0.336 e. The van der Waals surface area contributed by atoms with E-state index >= 15 is 0 Å². The van der Waals surface area contributed by atoms with Gasteiger partial charge in [0.15, 0.2) is 4.34 Å². The standard InChI is InChI=1S/C11H8ClNO2S2/c1-6-5-16-11(13-6)17-9-3-2-7(12)4-8(9)10(14)15/h2-5H,1H3,(H,14,15). The zero-order chi connectivity index (χ0) is 12.4. The van der Waals surface area contributed by atoms with Gasteiger partial charge in [0.2, 0.25) is 0 Å². The molecule has 0 amide bonds. The van der Waals surface area contributed by atoms with E-state index in [1.54, 1.807) is 12.1 Å². The fraction of sp³-hybridized carbons (Fsp3) is 0.0909. The highest BCUT2D eigenvalue weighted by molar-refractivity contribution is 8.01. The minimum absolute atomic E-state index is 0.204. The van der Waals surface area contributed by atoms with Gasteiger partial charge in [-0.15, -0.1) is 11.3 Å². The zero-order valence-electron chi connectivity index (χ0n) is 8.81. The van der Waals surface area contributed by atoms with Gasteiger partial charge in [0.1, 0.15) is 0 Å². The van der Waals surface area contributed by atoms with Gasteiger partial charge in [-0.1, -0.05) is 23.4 Å². The minimum Gasteiger partial charge on any atom is -0.478 e. The minimum atomic E-state index is -0.983. The molecular weight excluding hydrogens is 278 g/mol. The van der Waals surface area contributed by atoms with Crippen LogP contribution in [0.1, 0.15) is 16.1 Å². The molecule has 1 N–H and O–H groups in total. The van der Waals surface area contributed by atoms with Crippen LogP contribution in [0.4, 0.5) is 0 Å². The molecule has 6 heteroatoms. The second-order valence-corrected chi connectivity index (χ2v) is 5.89. The number of thiazole rings is 1. The van der Waals surface area contributed by atoms with Gasteiger partial charge < -0.3 is 5.11 Å². The molecule has 0 unspecified atom stereocenters. The normalized spacial score (nSPS) is 10.5. The molecule has 0 saturated heterocycles. The lowest BCUT2D eigenvalue weighted by Gasteiger charge is -2.03. The van der Waals surface area contributed by atoms with E-state index in [1.807, 2.05) is 12.3 Å². The third-order valence-electron chi connectivity index (χ3n) is 1.97. The van der Waals surface area contributed by atoms with Gasteiger partial charge in [-0.25, -0.2) is 9.78 Å². The average Bonchev–Trinajstić information content (AvgIpc) is 2.66. The molecule has 2 aromatic rings. The maximum Gasteiger partial charge on any atom is 0.336 e. The van der Waals surface area contributed by atoms with Crippen molar-refractivity contribution >= 4 is 40.7 Å². The van der Waals surface area contributed by atoms with Crippen molar-refractivity contribution in [3.63, 3.8) is 0 Å². The predicted molar refractivity (Wildman–Crippen MR) is 69.4 cm³/mol. The van der Waals surface area contributed by atoms with Crippen LogP contribution in [-0.4, -0.2) is 16.1 Å². The third-order valence-corrected chi connectivity index (χ3v) is 4.33. The van der Waals surface area contributed by atoms with Gasteiger partial charge in [0.05, 0.1) is 5.56 Å². The Morgan fingerprint density at radius 1 is 1.53 bits per heavy atom. The molecule has 0 atom stereocenters. The van der Waals surface area contributed by atoms with Crippen molar-refractivity contribution in [2.75, 3.05) is 0 Å². The molecule has 88 valence electrons. The van der Waals surface area contributed by atoms with Crippen molar-refractivity contribution in [2.45, 2.75) is 16.2 Å². The lowest BCUT2D eigenvalue weighted by atomic mass is 10.2. The van der Waals surface area contributed by atoms with Gasteiger partial charge >= 0.3 is 5.97 Å². The van der Waals surface area contributed by atoms with Crippen LogP contribution in [0.2, 0.25) is 5.02 Å². The molecule has 1 aromatic heterocycles. The first-order valence-electron chi connectivity index (χ1n) is 4.69. The van der Waals surface area contributed by atoms with E-state index in [9.17, 15) is 4.79 Å². The van der Waals surface area contributed by atoms with E-state index in [2.05, 4.69) is 4.98 Å². The second-order valence-electron chi connectivity index (χ2n) is 3.30. The highest BCUT2D eigenvalue weighted by atomic mass is 35.5. The van der Waals surface area contributed by atoms with Crippen LogP contribution < -0.4 is 0 Å². The summed E-state index contributed by atoms with van der Waals surface area (Å²) in [5.41, 5.74) is 1.14. The number of halogens is 1. The first kappa shape index (κ1) is 12.4. The molecule has 0 saturated carbocycles. The van der Waals surface area contributed by atoms with E-state index in [4.69, 9.17) is 16.7 Å². The highest BCUT2D eigenvalue weighted by Gasteiger charge is 2.13. The first-order valence-corrected chi connectivity index (χ1v) is 6.76. The van der Waals surface area contributed by atoms with Crippen LogP contribution in [0.5, 0.6) is 0 Å². The Kier molecular flexibility index (Phi) is 3.71. The molecule has 2 rings (SSSR count). The van der Waals surface area contributed by atoms with Crippen molar-refractivity contribution in [1.82, 2.24) is 4.98 Å². The summed E-state index contributed by atoms with van der Waals surface area (Å²) in [7, 11) is 0. The van der Waals surface area contributed by atoms with Crippen LogP contribution in [-0.2, 0) is 0 Å². The van der Waals surface area contributed by atoms with Crippen LogP contribution in [0.3, 0.4) is 0 Å². The Morgan fingerprint density at radius 2 is 2.29 bits per heavy atom. The summed E-state index contributed by atoms with van der Waals surface area (Å²) in [6.45, 7) is 1.90. The van der Waals surface area contributed by atoms with Gasteiger partial charge in [0.25, 0.3) is 0 Å². The topological polar surface area (TPSA) is 50.2 Å². The van der Waals surface area contributed by atoms with E-state index < -0.39 is 5.97 Å². The quantitative estimate of drug-likeness (QED) is 0.927. The van der Waals surface area contributed by atoms with Gasteiger partial charge in [-0.3, -0.25) is 0 Å². The fourth-order valence-corrected chi connectivity index (χ4v) is 3.30. The summed E-state index contributed by atoms with van der Waals surface area (Å²) >= 11 is 8.62. The summed E-state index contributed by atoms with van der Waals surface area (Å²) in [4.78, 5) is 16.0. The number of hydrogen-bond acceptors (Lipinski definition) is 4. The molecule has 0 aliphatic heterocycles. The van der Waals surface area contributed by atoms with E-state index in [1.165, 1.54) is 29.2 Å². The summed E-state index contributed by atoms with van der Waals surface area (Å²) < 4.78 is 0.826. The number of carboxylic acids is 1. The first-order chi connectivity index (χ1) is 8.06. The van der Waals surface area contributed by atoms with Gasteiger partial charge in [-0.2, -0.15) is 0 Å². The molecule has 17 heavy (non-hydrogen) atoms. The average molecular weight is 286 g/mol. The Balaban J connectivity index is 2.35. The number of rotatable bonds is 3. The number of carbonyl (C=O) groups is 1. The van der Waals surface area contributed by atoms with Crippen molar-refractivity contribution in [3.05, 3.63) is 39.9 Å². The number of nitrogens with zero attached hydrogens (tertiary/aromatic N) is 1. The maximum absolute atomic E-state index is 11.1. The van der Waals surface area contributed by atoms with E-state index in [-0.39, 0.29) is 5.56 Å². The molecule has 3 nitrogen and oxygen atoms in total. The van der Waals surface area contributed by atoms with Crippen LogP contribution >= 0.6 is 34.7 Å². The SMILES string of the molecule is Cc1csc(Sc2ccc(Cl)cc2C(=O)O)n1. The maximum atomic E-state index is 11.1. The monoisotopic (exact) mass is 285 g/mol. The lowest BCUT2D eigenvalue weighted by Crippen LogP contribution is -1.98. The molecule has 0 bridgehead atoms. The summed E-state index contributed by atoms with van der Waals surface area (Å²) in [5.74, 6) is -0.983. The molecular formula is C11H8ClNO2S2. The van der Waals surface area contributed by atoms with Crippen molar-refractivity contribution in [3.8, 4) is 0 Å². The Bertz CT molecular complexity index is 568. The van der Waals surface area contributed by atoms with Crippen molar-refractivity contribution < 1.29 is 9.90 Å². The molecule has 1 aromatic carbocycles. The van der Waals surface area contributed by atoms with E-state index in [0.717, 1.165) is 10.0 Å². The number of hydrogen-bond donors (Lipinski definition) is 1. The second kappa shape index (κ2) is 5.08. The number of benzene rings is 1. The van der Waals surface area contributed by atoms with Crippen molar-refractivity contribution in [2.24, 2.45) is 0 Å². The van der Waals surface area contributed by atoms with Gasteiger partial charge in [-0.05, 0) is 25.1 Å². The highest BCUT2D eigenvalue weighted by Crippen LogP contribution is 2.33. The third kappa shape index (κ3) is 3.00. The van der Waals surface area contributed by atoms with Crippen LogP contribution in [0, 0.1) is 6.92 Å². The summed E-state index contributed by atoms with van der Waals surface area (Å²) in [6, 6.07) is 4.83. The molecule has 1 heterocycles. The number of carboxylic acid groups (broad SMARTS) is 1. The van der Waals surface area contributed by atoms with Crippen molar-refractivity contribution in [1.29, 1.82) is 0 Å². The van der Waals surface area contributed by atoms with Crippen LogP contribution in [0.25, 0.3) is 0 Å². The predicted octanol–water partition coefficient (Wildman–Crippen LogP) is 3.95. The summed E-state index contributed by atoms with van der Waals surface area (Å²) in [5, 5.41) is 11.4. The fourth-order valence-electron chi connectivity index (χ4n) is 1.23. The summed E-state index contributed by atoms with van der Waals surface area (Å²) in [6.07, 6.45) is 0. The largest absolute Gasteiger partial charge is 0.478 e. The Morgan fingerprint density at radius 3 is 2.88 bits per heavy atom. The molecule has 0 aliphatic carbocycles. The Labute approximate surface area is 111 Å². The van der Waals surface area contributed by atoms with E-state index in [0.29, 0.717) is 9.92 Å².